The van der Waals surface area contributed by atoms with E-state index < -0.39 is 4.92 Å². The molecule has 2 heterocycles. The van der Waals surface area contributed by atoms with Crippen LogP contribution in [0.15, 0.2) is 52.2 Å². The first-order valence-corrected chi connectivity index (χ1v) is 7.69. The van der Waals surface area contributed by atoms with Crippen LogP contribution in [-0.2, 0) is 0 Å². The maximum Gasteiger partial charge on any atom is 0.310 e. The van der Waals surface area contributed by atoms with Crippen LogP contribution in [0.5, 0.6) is 5.75 Å². The molecular formula is C14H12N4O4S. The molecule has 3 rings (SSSR count). The van der Waals surface area contributed by atoms with Gasteiger partial charge < -0.3 is 14.1 Å². The molecule has 0 saturated carbocycles. The van der Waals surface area contributed by atoms with Gasteiger partial charge in [0.05, 0.1) is 11.5 Å². The number of nitro benzene ring substituents is 1. The summed E-state index contributed by atoms with van der Waals surface area (Å²) in [4.78, 5) is 13.4. The van der Waals surface area contributed by atoms with Gasteiger partial charge in [0.2, 0.25) is 0 Å². The van der Waals surface area contributed by atoms with E-state index in [0.717, 1.165) is 5.69 Å². The van der Waals surface area contributed by atoms with Crippen LogP contribution in [-0.4, -0.2) is 32.5 Å². The van der Waals surface area contributed by atoms with Gasteiger partial charge in [-0.3, -0.25) is 10.1 Å². The Morgan fingerprint density at radius 3 is 2.91 bits per heavy atom. The lowest BCUT2D eigenvalue weighted by Crippen LogP contribution is -2.02. The molecule has 0 saturated heterocycles. The van der Waals surface area contributed by atoms with Crippen molar-refractivity contribution in [3.63, 3.8) is 0 Å². The van der Waals surface area contributed by atoms with Crippen LogP contribution < -0.4 is 4.74 Å². The number of H-pyrrole nitrogens is 1. The zero-order valence-electron chi connectivity index (χ0n) is 11.8. The van der Waals surface area contributed by atoms with E-state index in [9.17, 15) is 10.1 Å². The highest BCUT2D eigenvalue weighted by molar-refractivity contribution is 7.99. The third-order valence-corrected chi connectivity index (χ3v) is 3.65. The molecular weight excluding hydrogens is 320 g/mol. The van der Waals surface area contributed by atoms with Crippen LogP contribution in [0.4, 0.5) is 5.69 Å². The largest absolute Gasteiger partial charge is 0.486 e. The number of thioether (sulfide) groups is 1. The van der Waals surface area contributed by atoms with Gasteiger partial charge in [-0.15, -0.1) is 10.2 Å². The molecule has 1 aromatic carbocycles. The fraction of sp³-hybridized carbons (Fsp3) is 0.143. The number of rotatable bonds is 7. The van der Waals surface area contributed by atoms with Crippen molar-refractivity contribution < 1.29 is 14.1 Å². The molecule has 2 aromatic heterocycles. The average molecular weight is 332 g/mol. The number of para-hydroxylation sites is 2. The molecule has 118 valence electrons. The predicted molar refractivity (Wildman–Crippen MR) is 83.4 cm³/mol. The second-order valence-electron chi connectivity index (χ2n) is 4.38. The minimum Gasteiger partial charge on any atom is -0.486 e. The second-order valence-corrected chi connectivity index (χ2v) is 5.42. The first kappa shape index (κ1) is 15.1. The summed E-state index contributed by atoms with van der Waals surface area (Å²) in [6.45, 7) is 0.287. The topological polar surface area (TPSA) is 107 Å². The summed E-state index contributed by atoms with van der Waals surface area (Å²) in [5, 5.41) is 19.2. The quantitative estimate of drug-likeness (QED) is 0.306. The highest BCUT2D eigenvalue weighted by atomic mass is 32.2. The fourth-order valence-corrected chi connectivity index (χ4v) is 2.43. The van der Waals surface area contributed by atoms with Crippen LogP contribution in [0, 0.1) is 10.1 Å². The number of aromatic amines is 1. The lowest BCUT2D eigenvalue weighted by Gasteiger charge is -2.04. The van der Waals surface area contributed by atoms with Crippen molar-refractivity contribution in [1.29, 1.82) is 0 Å². The Morgan fingerprint density at radius 1 is 1.26 bits per heavy atom. The van der Waals surface area contributed by atoms with Crippen LogP contribution in [0.3, 0.4) is 0 Å². The van der Waals surface area contributed by atoms with Gasteiger partial charge in [-0.1, -0.05) is 23.9 Å². The molecule has 0 aliphatic carbocycles. The molecule has 0 fully saturated rings. The maximum atomic E-state index is 10.9. The van der Waals surface area contributed by atoms with Gasteiger partial charge in [0.25, 0.3) is 11.1 Å². The molecule has 0 aliphatic rings. The zero-order chi connectivity index (χ0) is 16.1. The van der Waals surface area contributed by atoms with Gasteiger partial charge in [0.15, 0.2) is 5.75 Å². The Kier molecular flexibility index (Phi) is 4.57. The van der Waals surface area contributed by atoms with E-state index in [-0.39, 0.29) is 18.0 Å². The summed E-state index contributed by atoms with van der Waals surface area (Å²) in [5.74, 6) is 1.19. The SMILES string of the molecule is O=[N+]([O-])c1ccccc1OCCSc1nnc(-c2ccc[nH]2)o1. The smallest absolute Gasteiger partial charge is 0.310 e. The average Bonchev–Trinajstić information content (AvgIpc) is 3.23. The molecule has 0 atom stereocenters. The zero-order valence-corrected chi connectivity index (χ0v) is 12.7. The summed E-state index contributed by atoms with van der Waals surface area (Å²) in [5.41, 5.74) is 0.699. The molecule has 0 unspecified atom stereocenters. The number of aromatic nitrogens is 3. The summed E-state index contributed by atoms with van der Waals surface area (Å²) < 4.78 is 10.9. The van der Waals surface area contributed by atoms with Crippen LogP contribution in [0.25, 0.3) is 11.6 Å². The van der Waals surface area contributed by atoms with Crippen molar-refractivity contribution in [2.24, 2.45) is 0 Å². The second kappa shape index (κ2) is 6.97. The van der Waals surface area contributed by atoms with Gasteiger partial charge in [-0.25, -0.2) is 0 Å². The van der Waals surface area contributed by atoms with Crippen molar-refractivity contribution >= 4 is 17.4 Å². The number of hydrogen-bond acceptors (Lipinski definition) is 7. The third-order valence-electron chi connectivity index (χ3n) is 2.86. The van der Waals surface area contributed by atoms with Crippen molar-refractivity contribution in [2.45, 2.75) is 5.22 Å². The van der Waals surface area contributed by atoms with Crippen LogP contribution >= 0.6 is 11.8 Å². The Labute approximate surface area is 135 Å². The summed E-state index contributed by atoms with van der Waals surface area (Å²) >= 11 is 1.32. The number of benzene rings is 1. The summed E-state index contributed by atoms with van der Waals surface area (Å²) in [7, 11) is 0. The lowest BCUT2D eigenvalue weighted by atomic mass is 10.3. The number of nitrogens with one attached hydrogen (secondary N) is 1. The van der Waals surface area contributed by atoms with Gasteiger partial charge in [-0.2, -0.15) is 0 Å². The summed E-state index contributed by atoms with van der Waals surface area (Å²) in [6, 6.07) is 9.94. The van der Waals surface area contributed by atoms with Crippen molar-refractivity contribution in [3.8, 4) is 17.3 Å². The molecule has 8 nitrogen and oxygen atoms in total. The number of nitro groups is 1. The van der Waals surface area contributed by atoms with Gasteiger partial charge in [0, 0.05) is 18.0 Å². The van der Waals surface area contributed by atoms with Crippen molar-refractivity contribution in [1.82, 2.24) is 15.2 Å². The van der Waals surface area contributed by atoms with Crippen LogP contribution in [0.2, 0.25) is 0 Å². The number of ether oxygens (including phenoxy) is 1. The molecule has 1 N–H and O–H groups in total. The van der Waals surface area contributed by atoms with Gasteiger partial charge >= 0.3 is 5.69 Å². The van der Waals surface area contributed by atoms with Crippen molar-refractivity contribution in [2.75, 3.05) is 12.4 Å². The normalized spacial score (nSPS) is 10.6. The molecule has 0 bridgehead atoms. The molecule has 0 aliphatic heterocycles. The minimum absolute atomic E-state index is 0.0516. The number of hydrogen-bond donors (Lipinski definition) is 1. The van der Waals surface area contributed by atoms with E-state index in [0.29, 0.717) is 16.9 Å². The predicted octanol–water partition coefficient (Wildman–Crippen LogP) is 3.14. The van der Waals surface area contributed by atoms with Crippen LogP contribution in [0.1, 0.15) is 0 Å². The third kappa shape index (κ3) is 3.69. The van der Waals surface area contributed by atoms with Gasteiger partial charge in [-0.05, 0) is 18.2 Å². The minimum atomic E-state index is -0.469. The maximum absolute atomic E-state index is 10.9. The van der Waals surface area contributed by atoms with E-state index in [1.807, 2.05) is 12.1 Å². The monoisotopic (exact) mass is 332 g/mol. The molecule has 0 spiro atoms. The number of nitrogens with zero attached hydrogens (tertiary/aromatic N) is 3. The highest BCUT2D eigenvalue weighted by Gasteiger charge is 2.14. The Balaban J connectivity index is 1.52. The molecule has 23 heavy (non-hydrogen) atoms. The first-order chi connectivity index (χ1) is 11.2. The standard InChI is InChI=1S/C14H12N4O4S/c19-18(20)11-5-1-2-6-12(11)21-8-9-23-14-17-16-13(22-14)10-4-3-7-15-10/h1-7,15H,8-9H2. The fourth-order valence-electron chi connectivity index (χ4n) is 1.85. The van der Waals surface area contributed by atoms with E-state index in [1.54, 1.807) is 24.4 Å². The Hall–Kier alpha value is -2.81. The molecule has 0 amide bonds. The Bertz CT molecular complexity index is 788. The van der Waals surface area contributed by atoms with Gasteiger partial charge in [0.1, 0.15) is 5.69 Å². The van der Waals surface area contributed by atoms with Crippen molar-refractivity contribution in [3.05, 3.63) is 52.7 Å². The molecule has 3 aromatic rings. The van der Waals surface area contributed by atoms with E-state index in [1.165, 1.54) is 17.8 Å². The lowest BCUT2D eigenvalue weighted by molar-refractivity contribution is -0.385. The first-order valence-electron chi connectivity index (χ1n) is 6.70. The Morgan fingerprint density at radius 2 is 2.13 bits per heavy atom. The summed E-state index contributed by atoms with van der Waals surface area (Å²) in [6.07, 6.45) is 1.77. The highest BCUT2D eigenvalue weighted by Crippen LogP contribution is 2.26. The van der Waals surface area contributed by atoms with E-state index >= 15 is 0 Å². The molecule has 9 heteroatoms. The van der Waals surface area contributed by atoms with E-state index in [2.05, 4.69) is 15.2 Å². The van der Waals surface area contributed by atoms with E-state index in [4.69, 9.17) is 9.15 Å². The molecule has 0 radical (unpaired) electrons.